The van der Waals surface area contributed by atoms with Crippen molar-refractivity contribution in [2.24, 2.45) is 5.73 Å². The van der Waals surface area contributed by atoms with Crippen LogP contribution in [0.2, 0.25) is 0 Å². The zero-order valence-corrected chi connectivity index (χ0v) is 14.9. The van der Waals surface area contributed by atoms with Gasteiger partial charge in [0, 0.05) is 12.2 Å². The standard InChI is InChI=1S/C19H26N4O2/c1-19(2,3)25-18(24)21-13-14-9-11-16(12-10-14)22-23-17(20)15-7-5-4-6-8-15/h4-12,17,22-23H,13,20H2,1-3H3,(H,21,24). The van der Waals surface area contributed by atoms with Gasteiger partial charge in [0.25, 0.3) is 0 Å². The summed E-state index contributed by atoms with van der Waals surface area (Å²) in [5.74, 6) is 0. The van der Waals surface area contributed by atoms with Crippen LogP contribution in [-0.4, -0.2) is 11.7 Å². The van der Waals surface area contributed by atoms with Crippen molar-refractivity contribution in [2.75, 3.05) is 5.43 Å². The van der Waals surface area contributed by atoms with Gasteiger partial charge >= 0.3 is 6.09 Å². The molecule has 1 atom stereocenters. The molecular weight excluding hydrogens is 316 g/mol. The number of carbonyl (C=O) groups is 1. The average molecular weight is 342 g/mol. The molecule has 0 saturated carbocycles. The van der Waals surface area contributed by atoms with E-state index in [-0.39, 0.29) is 6.17 Å². The number of carbonyl (C=O) groups excluding carboxylic acids is 1. The Balaban J connectivity index is 1.79. The number of amides is 1. The lowest BCUT2D eigenvalue weighted by Gasteiger charge is -2.19. The molecule has 2 aromatic carbocycles. The van der Waals surface area contributed by atoms with E-state index < -0.39 is 11.7 Å². The predicted octanol–water partition coefficient (Wildman–Crippen LogP) is 3.29. The van der Waals surface area contributed by atoms with Crippen molar-refractivity contribution in [1.29, 1.82) is 0 Å². The normalized spacial score (nSPS) is 12.3. The number of rotatable bonds is 6. The maximum Gasteiger partial charge on any atom is 0.407 e. The minimum absolute atomic E-state index is 0.310. The summed E-state index contributed by atoms with van der Waals surface area (Å²) >= 11 is 0. The van der Waals surface area contributed by atoms with Crippen LogP contribution in [0, 0.1) is 0 Å². The van der Waals surface area contributed by atoms with E-state index in [4.69, 9.17) is 10.5 Å². The second-order valence-electron chi connectivity index (χ2n) is 6.71. The molecule has 0 aliphatic carbocycles. The van der Waals surface area contributed by atoms with E-state index in [2.05, 4.69) is 16.2 Å². The van der Waals surface area contributed by atoms with Crippen LogP contribution in [0.15, 0.2) is 54.6 Å². The Hall–Kier alpha value is -2.57. The Morgan fingerprint density at radius 2 is 1.72 bits per heavy atom. The Morgan fingerprint density at radius 3 is 2.32 bits per heavy atom. The topological polar surface area (TPSA) is 88.4 Å². The van der Waals surface area contributed by atoms with Gasteiger partial charge in [-0.1, -0.05) is 42.5 Å². The smallest absolute Gasteiger partial charge is 0.407 e. The summed E-state index contributed by atoms with van der Waals surface area (Å²) in [6, 6.07) is 17.5. The molecule has 1 unspecified atom stereocenters. The average Bonchev–Trinajstić information content (AvgIpc) is 2.58. The third-order valence-electron chi connectivity index (χ3n) is 3.32. The van der Waals surface area contributed by atoms with E-state index >= 15 is 0 Å². The quantitative estimate of drug-likeness (QED) is 0.478. The first-order valence-corrected chi connectivity index (χ1v) is 8.21. The SMILES string of the molecule is CC(C)(C)OC(=O)NCc1ccc(NNC(N)c2ccccc2)cc1. The lowest BCUT2D eigenvalue weighted by molar-refractivity contribution is 0.0523. The molecule has 0 aliphatic rings. The first kappa shape index (κ1) is 18.8. The van der Waals surface area contributed by atoms with Crippen molar-refractivity contribution in [1.82, 2.24) is 10.7 Å². The zero-order valence-electron chi connectivity index (χ0n) is 14.9. The van der Waals surface area contributed by atoms with E-state index in [1.54, 1.807) is 0 Å². The van der Waals surface area contributed by atoms with Gasteiger partial charge in [0.15, 0.2) is 0 Å². The molecule has 0 saturated heterocycles. The monoisotopic (exact) mass is 342 g/mol. The van der Waals surface area contributed by atoms with Crippen LogP contribution in [0.5, 0.6) is 0 Å². The molecule has 0 aliphatic heterocycles. The highest BCUT2D eigenvalue weighted by atomic mass is 16.6. The summed E-state index contributed by atoms with van der Waals surface area (Å²) in [7, 11) is 0. The molecular formula is C19H26N4O2. The maximum absolute atomic E-state index is 11.6. The van der Waals surface area contributed by atoms with Crippen molar-refractivity contribution >= 4 is 11.8 Å². The molecule has 134 valence electrons. The Bertz CT molecular complexity index is 666. The third-order valence-corrected chi connectivity index (χ3v) is 3.32. The number of hydrogen-bond acceptors (Lipinski definition) is 5. The number of nitrogens with two attached hydrogens (primary N) is 1. The van der Waals surface area contributed by atoms with Gasteiger partial charge < -0.3 is 21.2 Å². The van der Waals surface area contributed by atoms with Crippen molar-refractivity contribution in [3.05, 3.63) is 65.7 Å². The van der Waals surface area contributed by atoms with Crippen LogP contribution in [0.3, 0.4) is 0 Å². The second-order valence-corrected chi connectivity index (χ2v) is 6.71. The molecule has 1 amide bonds. The van der Waals surface area contributed by atoms with Crippen LogP contribution in [0.25, 0.3) is 0 Å². The van der Waals surface area contributed by atoms with Crippen molar-refractivity contribution < 1.29 is 9.53 Å². The molecule has 5 N–H and O–H groups in total. The van der Waals surface area contributed by atoms with Crippen LogP contribution < -0.4 is 21.9 Å². The van der Waals surface area contributed by atoms with Gasteiger partial charge in [0.2, 0.25) is 0 Å². The summed E-state index contributed by atoms with van der Waals surface area (Å²) in [6.07, 6.45) is -0.736. The highest BCUT2D eigenvalue weighted by Gasteiger charge is 2.15. The van der Waals surface area contributed by atoms with Crippen molar-refractivity contribution in [3.63, 3.8) is 0 Å². The summed E-state index contributed by atoms with van der Waals surface area (Å²) in [5, 5.41) is 2.73. The molecule has 0 bridgehead atoms. The molecule has 0 radical (unpaired) electrons. The van der Waals surface area contributed by atoms with Crippen LogP contribution >= 0.6 is 0 Å². The molecule has 2 rings (SSSR count). The van der Waals surface area contributed by atoms with Gasteiger partial charge in [-0.25, -0.2) is 10.2 Å². The molecule has 25 heavy (non-hydrogen) atoms. The molecule has 0 fully saturated rings. The van der Waals surface area contributed by atoms with Crippen LogP contribution in [0.4, 0.5) is 10.5 Å². The van der Waals surface area contributed by atoms with E-state index in [0.717, 1.165) is 16.8 Å². The highest BCUT2D eigenvalue weighted by molar-refractivity contribution is 5.67. The minimum atomic E-state index is -0.499. The Morgan fingerprint density at radius 1 is 1.08 bits per heavy atom. The second kappa shape index (κ2) is 8.50. The van der Waals surface area contributed by atoms with E-state index in [1.165, 1.54) is 0 Å². The molecule has 0 aromatic heterocycles. The number of alkyl carbamates (subject to hydrolysis) is 1. The number of benzene rings is 2. The van der Waals surface area contributed by atoms with Crippen molar-refractivity contribution in [3.8, 4) is 0 Å². The molecule has 6 heteroatoms. The first-order valence-electron chi connectivity index (χ1n) is 8.21. The Labute approximate surface area is 148 Å². The fraction of sp³-hybridized carbons (Fsp3) is 0.316. The minimum Gasteiger partial charge on any atom is -0.444 e. The Kier molecular flexibility index (Phi) is 6.38. The number of ether oxygens (including phenoxy) is 1. The first-order chi connectivity index (χ1) is 11.8. The number of hydrazine groups is 1. The van der Waals surface area contributed by atoms with Gasteiger partial charge in [-0.3, -0.25) is 0 Å². The molecule has 2 aromatic rings. The van der Waals surface area contributed by atoms with E-state index in [0.29, 0.717) is 6.54 Å². The molecule has 0 spiro atoms. The van der Waals surface area contributed by atoms with Crippen molar-refractivity contribution in [2.45, 2.75) is 39.1 Å². The predicted molar refractivity (Wildman–Crippen MR) is 99.6 cm³/mol. The van der Waals surface area contributed by atoms with Gasteiger partial charge in [0.05, 0.1) is 6.17 Å². The van der Waals surface area contributed by atoms with Crippen LogP contribution in [-0.2, 0) is 11.3 Å². The summed E-state index contributed by atoms with van der Waals surface area (Å²) < 4.78 is 5.20. The summed E-state index contributed by atoms with van der Waals surface area (Å²) in [4.78, 5) is 11.6. The van der Waals surface area contributed by atoms with Crippen LogP contribution in [0.1, 0.15) is 38.1 Å². The fourth-order valence-electron chi connectivity index (χ4n) is 2.10. The third kappa shape index (κ3) is 6.82. The largest absolute Gasteiger partial charge is 0.444 e. The summed E-state index contributed by atoms with van der Waals surface area (Å²) in [5.41, 5.74) is 14.5. The zero-order chi connectivity index (χ0) is 18.3. The summed E-state index contributed by atoms with van der Waals surface area (Å²) in [6.45, 7) is 5.91. The maximum atomic E-state index is 11.6. The van der Waals surface area contributed by atoms with E-state index in [1.807, 2.05) is 75.4 Å². The number of hydrogen-bond donors (Lipinski definition) is 4. The lowest BCUT2D eigenvalue weighted by Crippen LogP contribution is -2.33. The highest BCUT2D eigenvalue weighted by Crippen LogP contribution is 2.11. The van der Waals surface area contributed by atoms with E-state index in [9.17, 15) is 4.79 Å². The van der Waals surface area contributed by atoms with Gasteiger partial charge in [-0.2, -0.15) is 0 Å². The van der Waals surface area contributed by atoms with Gasteiger partial charge in [0.1, 0.15) is 5.60 Å². The lowest BCUT2D eigenvalue weighted by atomic mass is 10.2. The van der Waals surface area contributed by atoms with Gasteiger partial charge in [-0.15, -0.1) is 0 Å². The molecule has 0 heterocycles. The molecule has 6 nitrogen and oxygen atoms in total. The number of nitrogens with one attached hydrogen (secondary N) is 3. The fourth-order valence-corrected chi connectivity index (χ4v) is 2.10. The van der Waals surface area contributed by atoms with Gasteiger partial charge in [-0.05, 0) is 44.0 Å². The number of anilines is 1.